The van der Waals surface area contributed by atoms with Crippen molar-refractivity contribution in [3.05, 3.63) is 52.3 Å². The summed E-state index contributed by atoms with van der Waals surface area (Å²) in [5.74, 6) is 0.616. The van der Waals surface area contributed by atoms with Gasteiger partial charge in [-0.3, -0.25) is 9.48 Å². The van der Waals surface area contributed by atoms with Gasteiger partial charge in [0, 0.05) is 19.2 Å². The van der Waals surface area contributed by atoms with Gasteiger partial charge in [0.15, 0.2) is 5.78 Å². The fourth-order valence-electron chi connectivity index (χ4n) is 3.05. The van der Waals surface area contributed by atoms with Crippen molar-refractivity contribution in [3.63, 3.8) is 0 Å². The minimum atomic E-state index is 0.225. The number of carbonyl (C=O) groups is 1. The first kappa shape index (κ1) is 12.2. The summed E-state index contributed by atoms with van der Waals surface area (Å²) in [4.78, 5) is 12.5. The van der Waals surface area contributed by atoms with Gasteiger partial charge in [-0.05, 0) is 37.3 Å². The summed E-state index contributed by atoms with van der Waals surface area (Å²) >= 11 is 0. The van der Waals surface area contributed by atoms with Crippen LogP contribution in [-0.2, 0) is 13.5 Å². The topological polar surface area (TPSA) is 34.9 Å². The number of aromatic nitrogens is 2. The fourth-order valence-corrected chi connectivity index (χ4v) is 3.05. The van der Waals surface area contributed by atoms with Gasteiger partial charge in [-0.1, -0.05) is 24.3 Å². The Balaban J connectivity index is 1.81. The van der Waals surface area contributed by atoms with Gasteiger partial charge in [0.1, 0.15) is 0 Å². The molecule has 0 spiro atoms. The smallest absolute Gasteiger partial charge is 0.167 e. The molecule has 1 heterocycles. The van der Waals surface area contributed by atoms with Gasteiger partial charge in [-0.15, -0.1) is 0 Å². The lowest BCUT2D eigenvalue weighted by Gasteiger charge is -2.29. The Morgan fingerprint density at radius 1 is 1.37 bits per heavy atom. The number of Topliss-reactive ketones (excluding diaryl/α,β-unsaturated/α-hetero) is 1. The molecule has 1 aliphatic rings. The lowest BCUT2D eigenvalue weighted by atomic mass is 9.74. The van der Waals surface area contributed by atoms with Gasteiger partial charge in [0.05, 0.1) is 11.3 Å². The maximum atomic E-state index is 12.5. The summed E-state index contributed by atoms with van der Waals surface area (Å²) in [6.45, 7) is 3.87. The van der Waals surface area contributed by atoms with Crippen LogP contribution in [-0.4, -0.2) is 15.6 Å². The molecule has 0 amide bonds. The van der Waals surface area contributed by atoms with Crippen molar-refractivity contribution < 1.29 is 4.79 Å². The van der Waals surface area contributed by atoms with Crippen LogP contribution < -0.4 is 0 Å². The number of hydrogen-bond acceptors (Lipinski definition) is 2. The van der Waals surface area contributed by atoms with Gasteiger partial charge in [0.2, 0.25) is 0 Å². The van der Waals surface area contributed by atoms with Gasteiger partial charge >= 0.3 is 0 Å². The van der Waals surface area contributed by atoms with Crippen molar-refractivity contribution >= 4 is 5.78 Å². The van der Waals surface area contributed by atoms with Crippen LogP contribution in [0, 0.1) is 13.8 Å². The predicted octanol–water partition coefficient (Wildman–Crippen LogP) is 2.95. The second-order valence-corrected chi connectivity index (χ2v) is 5.40. The normalized spacial score (nSPS) is 16.9. The Morgan fingerprint density at radius 2 is 2.11 bits per heavy atom. The van der Waals surface area contributed by atoms with E-state index < -0.39 is 0 Å². The van der Waals surface area contributed by atoms with Crippen molar-refractivity contribution in [1.29, 1.82) is 0 Å². The van der Waals surface area contributed by atoms with Crippen molar-refractivity contribution in [1.82, 2.24) is 9.78 Å². The van der Waals surface area contributed by atoms with E-state index in [9.17, 15) is 4.79 Å². The highest BCUT2D eigenvalue weighted by Gasteiger charge is 2.29. The van der Waals surface area contributed by atoms with E-state index in [-0.39, 0.29) is 5.78 Å². The highest BCUT2D eigenvalue weighted by Crippen LogP contribution is 2.38. The molecule has 0 bridgehead atoms. The first-order chi connectivity index (χ1) is 9.08. The minimum absolute atomic E-state index is 0.225. The minimum Gasteiger partial charge on any atom is -0.294 e. The molecule has 3 heteroatoms. The molecule has 0 N–H and O–H groups in total. The van der Waals surface area contributed by atoms with E-state index in [1.807, 2.05) is 20.9 Å². The molecular formula is C16H18N2O. The third kappa shape index (κ3) is 1.89. The number of benzene rings is 1. The molecule has 0 saturated carbocycles. The average Bonchev–Trinajstić information content (AvgIpc) is 2.60. The van der Waals surface area contributed by atoms with Crippen LogP contribution in [0.15, 0.2) is 24.3 Å². The Labute approximate surface area is 113 Å². The van der Waals surface area contributed by atoms with Gasteiger partial charge in [0.25, 0.3) is 0 Å². The van der Waals surface area contributed by atoms with Crippen LogP contribution in [0.1, 0.15) is 45.2 Å². The zero-order chi connectivity index (χ0) is 13.6. The molecule has 19 heavy (non-hydrogen) atoms. The Hall–Kier alpha value is -1.90. The van der Waals surface area contributed by atoms with E-state index in [0.29, 0.717) is 12.3 Å². The highest BCUT2D eigenvalue weighted by atomic mass is 16.1. The van der Waals surface area contributed by atoms with Crippen molar-refractivity contribution in [2.24, 2.45) is 7.05 Å². The standard InChI is InChI=1S/C16H18N2O/c1-10-16(11(2)18(3)17-10)15(19)9-13-8-12-6-4-5-7-14(12)13/h4-7,13H,8-9H2,1-3H3. The first-order valence-corrected chi connectivity index (χ1v) is 6.69. The molecular weight excluding hydrogens is 236 g/mol. The zero-order valence-corrected chi connectivity index (χ0v) is 11.6. The van der Waals surface area contributed by atoms with Crippen LogP contribution in [0.3, 0.4) is 0 Å². The number of aryl methyl sites for hydroxylation is 2. The molecule has 1 unspecified atom stereocenters. The Kier molecular flexibility index (Phi) is 2.77. The quantitative estimate of drug-likeness (QED) is 0.789. The zero-order valence-electron chi connectivity index (χ0n) is 11.6. The second-order valence-electron chi connectivity index (χ2n) is 5.40. The van der Waals surface area contributed by atoms with Crippen LogP contribution >= 0.6 is 0 Å². The lowest BCUT2D eigenvalue weighted by Crippen LogP contribution is -2.20. The molecule has 0 aliphatic heterocycles. The molecule has 3 rings (SSSR count). The summed E-state index contributed by atoms with van der Waals surface area (Å²) in [5, 5.41) is 4.32. The Morgan fingerprint density at radius 3 is 2.74 bits per heavy atom. The SMILES string of the molecule is Cc1nn(C)c(C)c1C(=O)CC1Cc2ccccc21. The summed E-state index contributed by atoms with van der Waals surface area (Å²) in [6, 6.07) is 8.40. The third-order valence-corrected chi connectivity index (χ3v) is 4.18. The fraction of sp³-hybridized carbons (Fsp3) is 0.375. The molecule has 0 saturated heterocycles. The maximum absolute atomic E-state index is 12.5. The second kappa shape index (κ2) is 4.34. The first-order valence-electron chi connectivity index (χ1n) is 6.69. The molecule has 0 fully saturated rings. The van der Waals surface area contributed by atoms with E-state index in [4.69, 9.17) is 0 Å². The van der Waals surface area contributed by atoms with Crippen LogP contribution in [0.5, 0.6) is 0 Å². The number of carbonyl (C=O) groups excluding carboxylic acids is 1. The van der Waals surface area contributed by atoms with Gasteiger partial charge in [-0.25, -0.2) is 0 Å². The monoisotopic (exact) mass is 254 g/mol. The van der Waals surface area contributed by atoms with E-state index >= 15 is 0 Å². The van der Waals surface area contributed by atoms with Crippen molar-refractivity contribution in [2.75, 3.05) is 0 Å². The molecule has 3 nitrogen and oxygen atoms in total. The number of ketones is 1. The summed E-state index contributed by atoms with van der Waals surface area (Å²) in [7, 11) is 1.89. The van der Waals surface area contributed by atoms with Crippen LogP contribution in [0.25, 0.3) is 0 Å². The Bertz CT molecular complexity index is 655. The predicted molar refractivity (Wildman–Crippen MR) is 74.5 cm³/mol. The lowest BCUT2D eigenvalue weighted by molar-refractivity contribution is 0.0969. The molecule has 1 aliphatic carbocycles. The molecule has 1 aromatic heterocycles. The summed E-state index contributed by atoms with van der Waals surface area (Å²) < 4.78 is 1.79. The van der Waals surface area contributed by atoms with E-state index in [1.165, 1.54) is 11.1 Å². The third-order valence-electron chi connectivity index (χ3n) is 4.18. The van der Waals surface area contributed by atoms with Crippen molar-refractivity contribution in [3.8, 4) is 0 Å². The number of nitrogens with zero attached hydrogens (tertiary/aromatic N) is 2. The van der Waals surface area contributed by atoms with Crippen LogP contribution in [0.4, 0.5) is 0 Å². The molecule has 98 valence electrons. The summed E-state index contributed by atoms with van der Waals surface area (Å²) in [6.07, 6.45) is 1.63. The molecule has 1 aromatic carbocycles. The van der Waals surface area contributed by atoms with Gasteiger partial charge in [-0.2, -0.15) is 5.10 Å². The number of fused-ring (bicyclic) bond motifs is 1. The summed E-state index contributed by atoms with van der Waals surface area (Å²) in [5.41, 5.74) is 5.36. The van der Waals surface area contributed by atoms with E-state index in [0.717, 1.165) is 23.4 Å². The largest absolute Gasteiger partial charge is 0.294 e. The molecule has 0 radical (unpaired) electrons. The number of rotatable bonds is 3. The number of hydrogen-bond donors (Lipinski definition) is 0. The van der Waals surface area contributed by atoms with E-state index in [2.05, 4.69) is 29.4 Å². The van der Waals surface area contributed by atoms with Crippen molar-refractivity contribution in [2.45, 2.75) is 32.6 Å². The van der Waals surface area contributed by atoms with Gasteiger partial charge < -0.3 is 0 Å². The van der Waals surface area contributed by atoms with Crippen LogP contribution in [0.2, 0.25) is 0 Å². The average molecular weight is 254 g/mol. The maximum Gasteiger partial charge on any atom is 0.167 e. The molecule has 1 atom stereocenters. The van der Waals surface area contributed by atoms with E-state index in [1.54, 1.807) is 4.68 Å². The highest BCUT2D eigenvalue weighted by molar-refractivity contribution is 5.98. The molecule has 2 aromatic rings.